The Bertz CT molecular complexity index is 968. The minimum absolute atomic E-state index is 0. The zero-order valence-electron chi connectivity index (χ0n) is 14.4. The van der Waals surface area contributed by atoms with Crippen LogP contribution in [0.15, 0.2) is 67.3 Å². The topological polar surface area (TPSA) is 39.0 Å². The largest absolute Gasteiger partial charge is 0.249 e. The predicted octanol–water partition coefficient (Wildman–Crippen LogP) is 3.97. The number of aromatic nitrogens is 5. The molecule has 0 bridgehead atoms. The van der Waals surface area contributed by atoms with E-state index in [1.54, 1.807) is 0 Å². The number of unbranched alkanes of at least 4 members (excludes halogenated alkanes) is 1. The Morgan fingerprint density at radius 2 is 1.88 bits per heavy atom. The highest BCUT2D eigenvalue weighted by molar-refractivity contribution is 5.59. The van der Waals surface area contributed by atoms with Crippen LogP contribution in [-0.2, 0) is 13.1 Å². The van der Waals surface area contributed by atoms with Crippen molar-refractivity contribution in [2.45, 2.75) is 40.3 Å². The fraction of sp³-hybridized carbons (Fsp3) is 0.286. The number of benzene rings is 1. The maximum atomic E-state index is 4.39. The number of hydrogen-bond donors (Lipinski definition) is 0. The van der Waals surface area contributed by atoms with Crippen LogP contribution in [0.3, 0.4) is 0 Å². The third-order valence-electron chi connectivity index (χ3n) is 4.38. The lowest BCUT2D eigenvalue weighted by Crippen LogP contribution is -2.30. The summed E-state index contributed by atoms with van der Waals surface area (Å²) in [6, 6.07) is 16.6. The lowest BCUT2D eigenvalue weighted by Gasteiger charge is -1.99. The molecule has 0 aliphatic carbocycles. The molecule has 0 atom stereocenters. The van der Waals surface area contributed by atoms with Crippen molar-refractivity contribution in [3.8, 4) is 11.4 Å². The van der Waals surface area contributed by atoms with Crippen molar-refractivity contribution in [2.24, 2.45) is 0 Å². The fourth-order valence-corrected chi connectivity index (χ4v) is 3.06. The molecule has 0 radical (unpaired) electrons. The zero-order chi connectivity index (χ0) is 17.1. The van der Waals surface area contributed by atoms with E-state index < -0.39 is 0 Å². The minimum Gasteiger partial charge on any atom is -0.247 e. The predicted molar refractivity (Wildman–Crippen MR) is 104 cm³/mol. The Morgan fingerprint density at radius 1 is 1.04 bits per heavy atom. The summed E-state index contributed by atoms with van der Waals surface area (Å²) in [5, 5.41) is 8.68. The lowest BCUT2D eigenvalue weighted by atomic mass is 10.2. The van der Waals surface area contributed by atoms with Crippen LogP contribution in [0, 0.1) is 0 Å². The van der Waals surface area contributed by atoms with Gasteiger partial charge in [0, 0.05) is 0 Å². The Labute approximate surface area is 154 Å². The van der Waals surface area contributed by atoms with E-state index in [4.69, 9.17) is 0 Å². The molecular weight excluding hydrogens is 322 g/mol. The van der Waals surface area contributed by atoms with Crippen molar-refractivity contribution in [1.82, 2.24) is 19.4 Å². The second-order valence-electron chi connectivity index (χ2n) is 6.33. The molecule has 0 N–H and O–H groups in total. The molecule has 26 heavy (non-hydrogen) atoms. The molecule has 0 amide bonds. The summed E-state index contributed by atoms with van der Waals surface area (Å²) in [5.74, 6) is 0. The van der Waals surface area contributed by atoms with Crippen molar-refractivity contribution in [3.63, 3.8) is 0 Å². The number of pyridine rings is 1. The van der Waals surface area contributed by atoms with Gasteiger partial charge in [0.15, 0.2) is 16.9 Å². The zero-order valence-corrected chi connectivity index (χ0v) is 14.4. The maximum Gasteiger partial charge on any atom is 0.249 e. The Hall–Kier alpha value is -2.95. The van der Waals surface area contributed by atoms with E-state index in [1.165, 1.54) is 23.9 Å². The first kappa shape index (κ1) is 17.9. The molecule has 0 fully saturated rings. The van der Waals surface area contributed by atoms with E-state index in [0.717, 1.165) is 24.5 Å². The smallest absolute Gasteiger partial charge is 0.247 e. The molecular formula is C21H26N5+. The van der Waals surface area contributed by atoms with Crippen LogP contribution in [0.5, 0.6) is 0 Å². The van der Waals surface area contributed by atoms with Gasteiger partial charge in [0.1, 0.15) is 6.20 Å². The van der Waals surface area contributed by atoms with Crippen LogP contribution in [0.2, 0.25) is 0 Å². The molecule has 5 nitrogen and oxygen atoms in total. The standard InChI is InChI=1S/C20H22N5.CH4/c1-2-3-12-23-14-18-10-7-11-20(25(18)16-23)19-15-24(22-21-19)13-17-8-5-4-6-9-17;/h4-11,14-16H,2-3,12-13H2,1H3;1H4/q+1;. The first-order valence-corrected chi connectivity index (χ1v) is 8.78. The summed E-state index contributed by atoms with van der Waals surface area (Å²) >= 11 is 0. The molecule has 4 rings (SSSR count). The van der Waals surface area contributed by atoms with Gasteiger partial charge in [-0.2, -0.15) is 4.40 Å². The molecule has 0 aliphatic rings. The lowest BCUT2D eigenvalue weighted by molar-refractivity contribution is -0.695. The molecule has 134 valence electrons. The van der Waals surface area contributed by atoms with E-state index >= 15 is 0 Å². The molecule has 3 aromatic heterocycles. The molecule has 0 aliphatic heterocycles. The van der Waals surface area contributed by atoms with E-state index in [1.807, 2.05) is 29.1 Å². The van der Waals surface area contributed by atoms with Crippen LogP contribution in [0.1, 0.15) is 32.8 Å². The van der Waals surface area contributed by atoms with Gasteiger partial charge in [0.2, 0.25) is 6.33 Å². The number of aryl methyl sites for hydroxylation is 1. The highest BCUT2D eigenvalue weighted by Gasteiger charge is 2.15. The molecule has 3 heterocycles. The molecule has 0 unspecified atom stereocenters. The summed E-state index contributed by atoms with van der Waals surface area (Å²) in [7, 11) is 0. The number of rotatable bonds is 6. The second-order valence-corrected chi connectivity index (χ2v) is 6.33. The van der Waals surface area contributed by atoms with Gasteiger partial charge in [0.25, 0.3) is 0 Å². The van der Waals surface area contributed by atoms with E-state index in [-0.39, 0.29) is 7.43 Å². The summed E-state index contributed by atoms with van der Waals surface area (Å²) in [4.78, 5) is 0. The first-order chi connectivity index (χ1) is 12.3. The van der Waals surface area contributed by atoms with Gasteiger partial charge >= 0.3 is 0 Å². The maximum absolute atomic E-state index is 4.39. The summed E-state index contributed by atoms with van der Waals surface area (Å²) in [6.07, 6.45) is 8.73. The first-order valence-electron chi connectivity index (χ1n) is 8.78. The Balaban J connectivity index is 0.00000196. The average molecular weight is 348 g/mol. The highest BCUT2D eigenvalue weighted by Crippen LogP contribution is 2.18. The van der Waals surface area contributed by atoms with E-state index in [2.05, 4.69) is 69.1 Å². The van der Waals surface area contributed by atoms with Crippen LogP contribution < -0.4 is 4.57 Å². The Kier molecular flexibility index (Phi) is 5.46. The van der Waals surface area contributed by atoms with Crippen molar-refractivity contribution < 1.29 is 4.57 Å². The van der Waals surface area contributed by atoms with Crippen LogP contribution in [0.4, 0.5) is 0 Å². The monoisotopic (exact) mass is 348 g/mol. The summed E-state index contributed by atoms with van der Waals surface area (Å²) in [6.45, 7) is 3.98. The van der Waals surface area contributed by atoms with Crippen molar-refractivity contribution >= 4 is 5.52 Å². The molecule has 0 saturated carbocycles. The summed E-state index contributed by atoms with van der Waals surface area (Å²) in [5.41, 5.74) is 4.34. The quantitative estimate of drug-likeness (QED) is 0.495. The normalized spacial score (nSPS) is 10.8. The minimum atomic E-state index is 0. The third-order valence-corrected chi connectivity index (χ3v) is 4.38. The number of fused-ring (bicyclic) bond motifs is 1. The molecule has 4 aromatic rings. The van der Waals surface area contributed by atoms with Crippen LogP contribution in [-0.4, -0.2) is 19.4 Å². The number of hydrogen-bond acceptors (Lipinski definition) is 2. The van der Waals surface area contributed by atoms with Gasteiger partial charge in [-0.15, -0.1) is 5.10 Å². The van der Waals surface area contributed by atoms with Gasteiger partial charge in [-0.25, -0.2) is 9.25 Å². The average Bonchev–Trinajstić information content (AvgIpc) is 3.27. The van der Waals surface area contributed by atoms with Gasteiger partial charge in [-0.1, -0.05) is 62.4 Å². The SMILES string of the molecule is C.CCCC[n+]1cc2cccc(-c3cn(Cc4ccccc4)nn3)n2c1. The van der Waals surface area contributed by atoms with Gasteiger partial charge in [-0.05, 0) is 24.1 Å². The van der Waals surface area contributed by atoms with Crippen molar-refractivity contribution in [3.05, 3.63) is 72.8 Å². The van der Waals surface area contributed by atoms with E-state index in [9.17, 15) is 0 Å². The van der Waals surface area contributed by atoms with Crippen LogP contribution >= 0.6 is 0 Å². The molecule has 1 aromatic carbocycles. The van der Waals surface area contributed by atoms with Gasteiger partial charge in [-0.3, -0.25) is 0 Å². The van der Waals surface area contributed by atoms with Crippen LogP contribution in [0.25, 0.3) is 16.9 Å². The number of nitrogens with zero attached hydrogens (tertiary/aromatic N) is 5. The highest BCUT2D eigenvalue weighted by atomic mass is 15.4. The number of imidazole rings is 1. The molecule has 0 saturated heterocycles. The third kappa shape index (κ3) is 3.67. The van der Waals surface area contributed by atoms with Gasteiger partial charge in [0.05, 0.1) is 19.3 Å². The molecule has 5 heteroatoms. The van der Waals surface area contributed by atoms with E-state index in [0.29, 0.717) is 0 Å². The fourth-order valence-electron chi connectivity index (χ4n) is 3.06. The van der Waals surface area contributed by atoms with Crippen molar-refractivity contribution in [1.29, 1.82) is 0 Å². The van der Waals surface area contributed by atoms with Gasteiger partial charge < -0.3 is 0 Å². The Morgan fingerprint density at radius 3 is 2.69 bits per heavy atom. The summed E-state index contributed by atoms with van der Waals surface area (Å²) < 4.78 is 6.32. The molecule has 0 spiro atoms. The van der Waals surface area contributed by atoms with Crippen molar-refractivity contribution in [2.75, 3.05) is 0 Å². The second kappa shape index (κ2) is 7.95.